The van der Waals surface area contributed by atoms with Crippen molar-refractivity contribution in [2.75, 3.05) is 4.90 Å². The van der Waals surface area contributed by atoms with Crippen LogP contribution in [0.4, 0.5) is 17.1 Å². The Kier molecular flexibility index (Phi) is 8.25. The van der Waals surface area contributed by atoms with Gasteiger partial charge in [0.1, 0.15) is 0 Å². The van der Waals surface area contributed by atoms with E-state index >= 15 is 0 Å². The lowest BCUT2D eigenvalue weighted by Gasteiger charge is -2.27. The molecule has 0 unspecified atom stereocenters. The van der Waals surface area contributed by atoms with E-state index in [0.717, 1.165) is 17.1 Å². The van der Waals surface area contributed by atoms with Crippen molar-refractivity contribution in [3.8, 4) is 33.4 Å². The van der Waals surface area contributed by atoms with Gasteiger partial charge in [-0.1, -0.05) is 188 Å². The molecule has 1 nitrogen and oxygen atoms in total. The second-order valence-corrected chi connectivity index (χ2v) is 16.1. The minimum atomic E-state index is 1.10. The molecule has 0 spiro atoms. The summed E-state index contributed by atoms with van der Waals surface area (Å²) in [5.41, 5.74) is 10.5. The van der Waals surface area contributed by atoms with Crippen LogP contribution in [0.1, 0.15) is 0 Å². The summed E-state index contributed by atoms with van der Waals surface area (Å²) in [7, 11) is 0. The number of anilines is 3. The van der Waals surface area contributed by atoms with E-state index < -0.39 is 0 Å². The van der Waals surface area contributed by atoms with Crippen LogP contribution in [-0.2, 0) is 0 Å². The predicted octanol–water partition coefficient (Wildman–Crippen LogP) is 17.1. The number of benzene rings is 12. The molecule has 0 aliphatic carbocycles. The van der Waals surface area contributed by atoms with E-state index in [2.05, 4.69) is 241 Å². The Labute approximate surface area is 355 Å². The molecule has 0 bridgehead atoms. The maximum Gasteiger partial charge on any atom is 0.0474 e. The Morgan fingerprint density at radius 3 is 1.38 bits per heavy atom. The average molecular weight is 774 g/mol. The summed E-state index contributed by atoms with van der Waals surface area (Å²) >= 11 is 0. The first-order chi connectivity index (χ1) is 30.2. The molecule has 61 heavy (non-hydrogen) atoms. The molecule has 12 aromatic rings. The summed E-state index contributed by atoms with van der Waals surface area (Å²) in [6.45, 7) is 0. The molecule has 0 aliphatic heterocycles. The standard InChI is InChI=1S/C60H39N/c1-2-10-40(11-3-1)42-28-32-52(33-29-42)61(53-34-30-43(31-35-53)49-26-18-41-12-4-5-14-48(41)36-49)54-37-50-15-7-8-16-55(50)57(39-54)51-27-21-45-20-23-47-25-24-46-22-19-44-13-6-9-17-56(44)59(46)60(47)58(45)38-51/h1-39H. The van der Waals surface area contributed by atoms with Gasteiger partial charge in [-0.05, 0) is 147 Å². The van der Waals surface area contributed by atoms with E-state index in [1.54, 1.807) is 0 Å². The van der Waals surface area contributed by atoms with Gasteiger partial charge in [0.15, 0.2) is 0 Å². The summed E-state index contributed by atoms with van der Waals surface area (Å²) in [6, 6.07) is 87.0. The number of hydrogen-bond donors (Lipinski definition) is 0. The van der Waals surface area contributed by atoms with Crippen molar-refractivity contribution in [1.29, 1.82) is 0 Å². The molecular weight excluding hydrogens is 735 g/mol. The van der Waals surface area contributed by atoms with Crippen LogP contribution in [0.25, 0.3) is 98.0 Å². The SMILES string of the molecule is c1ccc(-c2ccc(N(c3ccc(-c4ccc5ccccc5c4)cc3)c3cc(-c4ccc5ccc6ccc7ccc8ccccc8c7c6c5c4)c4ccccc4c3)cc2)cc1. The lowest BCUT2D eigenvalue weighted by Crippen LogP contribution is -2.10. The number of fused-ring (bicyclic) bond motifs is 9. The highest BCUT2D eigenvalue weighted by molar-refractivity contribution is 6.28. The largest absolute Gasteiger partial charge is 0.310 e. The highest BCUT2D eigenvalue weighted by atomic mass is 15.1. The van der Waals surface area contributed by atoms with Gasteiger partial charge in [0.25, 0.3) is 0 Å². The second-order valence-electron chi connectivity index (χ2n) is 16.1. The lowest BCUT2D eigenvalue weighted by molar-refractivity contribution is 1.29. The van der Waals surface area contributed by atoms with Gasteiger partial charge in [0.05, 0.1) is 0 Å². The fourth-order valence-corrected chi connectivity index (χ4v) is 9.52. The van der Waals surface area contributed by atoms with Crippen LogP contribution in [0.15, 0.2) is 237 Å². The van der Waals surface area contributed by atoms with Crippen LogP contribution in [0.3, 0.4) is 0 Å². The fourth-order valence-electron chi connectivity index (χ4n) is 9.52. The molecule has 0 heterocycles. The molecule has 12 rings (SSSR count). The summed E-state index contributed by atoms with van der Waals surface area (Å²) in [5.74, 6) is 0. The van der Waals surface area contributed by atoms with Gasteiger partial charge < -0.3 is 4.90 Å². The first-order valence-electron chi connectivity index (χ1n) is 21.1. The normalized spacial score (nSPS) is 11.6. The van der Waals surface area contributed by atoms with Crippen molar-refractivity contribution < 1.29 is 0 Å². The van der Waals surface area contributed by atoms with Crippen molar-refractivity contribution >= 4 is 81.7 Å². The van der Waals surface area contributed by atoms with Gasteiger partial charge in [-0.3, -0.25) is 0 Å². The van der Waals surface area contributed by atoms with E-state index in [4.69, 9.17) is 0 Å². The predicted molar refractivity (Wildman–Crippen MR) is 262 cm³/mol. The first kappa shape index (κ1) is 35.0. The number of hydrogen-bond acceptors (Lipinski definition) is 1. The molecule has 0 aliphatic rings. The fraction of sp³-hybridized carbons (Fsp3) is 0. The van der Waals surface area contributed by atoms with Gasteiger partial charge in [-0.2, -0.15) is 0 Å². The van der Waals surface area contributed by atoms with E-state index in [-0.39, 0.29) is 0 Å². The molecule has 0 radical (unpaired) electrons. The quantitative estimate of drug-likeness (QED) is 0.152. The highest BCUT2D eigenvalue weighted by Crippen LogP contribution is 2.43. The molecule has 1 heteroatoms. The van der Waals surface area contributed by atoms with Crippen molar-refractivity contribution in [3.05, 3.63) is 237 Å². The van der Waals surface area contributed by atoms with E-state index in [1.807, 2.05) is 0 Å². The van der Waals surface area contributed by atoms with Crippen molar-refractivity contribution in [3.63, 3.8) is 0 Å². The van der Waals surface area contributed by atoms with Crippen LogP contribution in [0, 0.1) is 0 Å². The first-order valence-corrected chi connectivity index (χ1v) is 21.1. The van der Waals surface area contributed by atoms with Crippen molar-refractivity contribution in [2.24, 2.45) is 0 Å². The molecule has 0 saturated carbocycles. The van der Waals surface area contributed by atoms with Crippen LogP contribution in [-0.4, -0.2) is 0 Å². The monoisotopic (exact) mass is 773 g/mol. The van der Waals surface area contributed by atoms with E-state index in [9.17, 15) is 0 Å². The minimum Gasteiger partial charge on any atom is -0.310 e. The van der Waals surface area contributed by atoms with Crippen LogP contribution >= 0.6 is 0 Å². The minimum absolute atomic E-state index is 1.10. The van der Waals surface area contributed by atoms with Crippen LogP contribution in [0.5, 0.6) is 0 Å². The Morgan fingerprint density at radius 1 is 0.213 bits per heavy atom. The third-order valence-electron chi connectivity index (χ3n) is 12.6. The Bertz CT molecular complexity index is 3610. The average Bonchev–Trinajstić information content (AvgIpc) is 3.34. The molecule has 0 saturated heterocycles. The van der Waals surface area contributed by atoms with Crippen LogP contribution < -0.4 is 4.90 Å². The summed E-state index contributed by atoms with van der Waals surface area (Å²) in [6.07, 6.45) is 0. The maximum atomic E-state index is 2.43. The van der Waals surface area contributed by atoms with Gasteiger partial charge in [0, 0.05) is 17.1 Å². The topological polar surface area (TPSA) is 3.24 Å². The summed E-state index contributed by atoms with van der Waals surface area (Å²) in [5, 5.41) is 15.1. The molecule has 12 aromatic carbocycles. The zero-order valence-electron chi connectivity index (χ0n) is 33.5. The third kappa shape index (κ3) is 6.10. The number of nitrogens with zero attached hydrogens (tertiary/aromatic N) is 1. The Morgan fingerprint density at radius 2 is 0.672 bits per heavy atom. The molecule has 0 fully saturated rings. The molecule has 284 valence electrons. The van der Waals surface area contributed by atoms with Crippen molar-refractivity contribution in [2.45, 2.75) is 0 Å². The van der Waals surface area contributed by atoms with E-state index in [1.165, 1.54) is 98.0 Å². The van der Waals surface area contributed by atoms with E-state index in [0.29, 0.717) is 0 Å². The molecular formula is C60H39N. The van der Waals surface area contributed by atoms with Crippen molar-refractivity contribution in [1.82, 2.24) is 0 Å². The van der Waals surface area contributed by atoms with Crippen LogP contribution in [0.2, 0.25) is 0 Å². The number of rotatable bonds is 6. The smallest absolute Gasteiger partial charge is 0.0474 e. The second kappa shape index (κ2) is 14.4. The zero-order valence-corrected chi connectivity index (χ0v) is 33.5. The van der Waals surface area contributed by atoms with Gasteiger partial charge in [-0.15, -0.1) is 0 Å². The Hall–Kier alpha value is -8.00. The van der Waals surface area contributed by atoms with Gasteiger partial charge in [0.2, 0.25) is 0 Å². The zero-order chi connectivity index (χ0) is 40.3. The maximum absolute atomic E-state index is 2.43. The molecule has 0 aromatic heterocycles. The summed E-state index contributed by atoms with van der Waals surface area (Å²) < 4.78 is 0. The molecule has 0 amide bonds. The van der Waals surface area contributed by atoms with Gasteiger partial charge in [-0.25, -0.2) is 0 Å². The summed E-state index contributed by atoms with van der Waals surface area (Å²) in [4.78, 5) is 2.41. The Balaban J connectivity index is 1.05. The molecule has 0 N–H and O–H groups in total. The lowest BCUT2D eigenvalue weighted by atomic mass is 9.90. The highest BCUT2D eigenvalue weighted by Gasteiger charge is 2.18. The van der Waals surface area contributed by atoms with Gasteiger partial charge >= 0.3 is 0 Å². The molecule has 0 atom stereocenters. The third-order valence-corrected chi connectivity index (χ3v) is 12.6.